The molecule has 1 aromatic carbocycles. The SMILES string of the molecule is CC(C(=O)N(C)C)S(=O)(=O)N1CCOc2cc(Cl)c(Cl)cc21. The van der Waals surface area contributed by atoms with E-state index in [1.165, 1.54) is 38.1 Å². The third-order valence-corrected chi connectivity index (χ3v) is 6.18. The molecule has 1 heterocycles. The molecule has 0 saturated carbocycles. The number of ether oxygens (including phenoxy) is 1. The first kappa shape index (κ1) is 17.2. The Morgan fingerprint density at radius 3 is 2.50 bits per heavy atom. The highest BCUT2D eigenvalue weighted by Crippen LogP contribution is 2.40. The number of hydrogen-bond donors (Lipinski definition) is 0. The molecule has 0 aliphatic carbocycles. The number of halogens is 2. The van der Waals surface area contributed by atoms with E-state index < -0.39 is 21.2 Å². The van der Waals surface area contributed by atoms with Crippen molar-refractivity contribution in [3.63, 3.8) is 0 Å². The minimum Gasteiger partial charge on any atom is -0.489 e. The summed E-state index contributed by atoms with van der Waals surface area (Å²) in [5.74, 6) is -0.165. The zero-order chi connectivity index (χ0) is 16.7. The van der Waals surface area contributed by atoms with Crippen LogP contribution < -0.4 is 9.04 Å². The molecule has 9 heteroatoms. The number of fused-ring (bicyclic) bond motifs is 1. The molecule has 0 saturated heterocycles. The fourth-order valence-corrected chi connectivity index (χ4v) is 4.04. The van der Waals surface area contributed by atoms with Crippen LogP contribution in [0.2, 0.25) is 10.0 Å². The second-order valence-electron chi connectivity index (χ2n) is 5.07. The molecule has 1 aromatic rings. The van der Waals surface area contributed by atoms with Gasteiger partial charge in [-0.3, -0.25) is 9.10 Å². The van der Waals surface area contributed by atoms with Gasteiger partial charge in [-0.05, 0) is 13.0 Å². The standard InChI is InChI=1S/C13H16Cl2N2O4S/c1-8(13(18)16(2)3)22(19,20)17-4-5-21-12-7-10(15)9(14)6-11(12)17/h6-8H,4-5H2,1-3H3. The molecule has 0 aromatic heterocycles. The fraction of sp³-hybridized carbons (Fsp3) is 0.462. The van der Waals surface area contributed by atoms with Gasteiger partial charge in [-0.1, -0.05) is 23.2 Å². The number of amides is 1. The Morgan fingerprint density at radius 2 is 1.91 bits per heavy atom. The number of carbonyl (C=O) groups is 1. The Labute approximate surface area is 139 Å². The molecule has 1 atom stereocenters. The molecule has 122 valence electrons. The van der Waals surface area contributed by atoms with E-state index in [-0.39, 0.29) is 23.2 Å². The van der Waals surface area contributed by atoms with Crippen molar-refractivity contribution in [2.24, 2.45) is 0 Å². The predicted molar refractivity (Wildman–Crippen MR) is 86.4 cm³/mol. The van der Waals surface area contributed by atoms with E-state index in [2.05, 4.69) is 0 Å². The average molecular weight is 367 g/mol. The summed E-state index contributed by atoms with van der Waals surface area (Å²) in [5, 5.41) is -0.710. The highest BCUT2D eigenvalue weighted by atomic mass is 35.5. The molecule has 0 fully saturated rings. The van der Waals surface area contributed by atoms with Gasteiger partial charge in [0.15, 0.2) is 5.25 Å². The minimum atomic E-state index is -3.89. The number of sulfonamides is 1. The van der Waals surface area contributed by atoms with Gasteiger partial charge in [-0.25, -0.2) is 8.42 Å². The summed E-state index contributed by atoms with van der Waals surface area (Å²) in [6.45, 7) is 1.65. The van der Waals surface area contributed by atoms with Crippen molar-refractivity contribution >= 4 is 44.8 Å². The van der Waals surface area contributed by atoms with Crippen LogP contribution in [0.1, 0.15) is 6.92 Å². The molecule has 0 N–H and O–H groups in total. The van der Waals surface area contributed by atoms with Gasteiger partial charge in [0.1, 0.15) is 12.4 Å². The number of anilines is 1. The maximum Gasteiger partial charge on any atom is 0.247 e. The van der Waals surface area contributed by atoms with Crippen molar-refractivity contribution in [1.29, 1.82) is 0 Å². The van der Waals surface area contributed by atoms with Crippen LogP contribution in [-0.4, -0.2) is 51.7 Å². The lowest BCUT2D eigenvalue weighted by Crippen LogP contribution is -2.47. The lowest BCUT2D eigenvalue weighted by Gasteiger charge is -2.33. The van der Waals surface area contributed by atoms with E-state index in [0.717, 1.165) is 4.31 Å². The van der Waals surface area contributed by atoms with Crippen molar-refractivity contribution in [1.82, 2.24) is 4.90 Å². The number of nitrogens with zero attached hydrogens (tertiary/aromatic N) is 2. The molecule has 0 radical (unpaired) electrons. The van der Waals surface area contributed by atoms with E-state index in [9.17, 15) is 13.2 Å². The largest absolute Gasteiger partial charge is 0.489 e. The van der Waals surface area contributed by atoms with Crippen molar-refractivity contribution in [2.75, 3.05) is 31.6 Å². The van der Waals surface area contributed by atoms with Crippen molar-refractivity contribution in [3.05, 3.63) is 22.2 Å². The molecule has 22 heavy (non-hydrogen) atoms. The molecule has 1 aliphatic heterocycles. The number of carbonyl (C=O) groups excluding carboxylic acids is 1. The molecule has 6 nitrogen and oxygen atoms in total. The first-order valence-corrected chi connectivity index (χ1v) is 8.76. The second kappa shape index (κ2) is 6.14. The van der Waals surface area contributed by atoms with Gasteiger partial charge >= 0.3 is 0 Å². The number of rotatable bonds is 3. The Bertz CT molecular complexity index is 706. The lowest BCUT2D eigenvalue weighted by molar-refractivity contribution is -0.127. The summed E-state index contributed by atoms with van der Waals surface area (Å²) >= 11 is 11.9. The number of benzene rings is 1. The minimum absolute atomic E-state index is 0.109. The van der Waals surface area contributed by atoms with Gasteiger partial charge in [0.2, 0.25) is 15.9 Å². The summed E-state index contributed by atoms with van der Waals surface area (Å²) in [4.78, 5) is 13.3. The predicted octanol–water partition coefficient (Wildman–Crippen LogP) is 2.00. The summed E-state index contributed by atoms with van der Waals surface area (Å²) in [6.07, 6.45) is 0. The van der Waals surface area contributed by atoms with Crippen LogP contribution in [0, 0.1) is 0 Å². The monoisotopic (exact) mass is 366 g/mol. The van der Waals surface area contributed by atoms with E-state index in [0.29, 0.717) is 11.4 Å². The average Bonchev–Trinajstić information content (AvgIpc) is 2.46. The van der Waals surface area contributed by atoms with E-state index in [4.69, 9.17) is 27.9 Å². The second-order valence-corrected chi connectivity index (χ2v) is 8.07. The van der Waals surface area contributed by atoms with Gasteiger partial charge in [0, 0.05) is 20.2 Å². The fourth-order valence-electron chi connectivity index (χ4n) is 2.13. The van der Waals surface area contributed by atoms with E-state index in [1.807, 2.05) is 0 Å². The molecule has 0 spiro atoms. The highest BCUT2D eigenvalue weighted by Gasteiger charge is 2.37. The van der Waals surface area contributed by atoms with Crippen LogP contribution >= 0.6 is 23.2 Å². The Kier molecular flexibility index (Phi) is 4.79. The van der Waals surface area contributed by atoms with Gasteiger partial charge in [0.25, 0.3) is 0 Å². The van der Waals surface area contributed by atoms with Crippen LogP contribution in [-0.2, 0) is 14.8 Å². The van der Waals surface area contributed by atoms with Gasteiger partial charge in [0.05, 0.1) is 22.3 Å². The zero-order valence-electron chi connectivity index (χ0n) is 12.3. The first-order valence-electron chi connectivity index (χ1n) is 6.51. The van der Waals surface area contributed by atoms with E-state index >= 15 is 0 Å². The summed E-state index contributed by atoms with van der Waals surface area (Å²) < 4.78 is 32.1. The Hall–Kier alpha value is -1.18. The topological polar surface area (TPSA) is 66.9 Å². The maximum atomic E-state index is 12.7. The third-order valence-electron chi connectivity index (χ3n) is 3.37. The lowest BCUT2D eigenvalue weighted by atomic mass is 10.2. The van der Waals surface area contributed by atoms with Crippen LogP contribution in [0.4, 0.5) is 5.69 Å². The quantitative estimate of drug-likeness (QED) is 0.820. The summed E-state index contributed by atoms with van der Waals surface area (Å²) in [6, 6.07) is 2.90. The van der Waals surface area contributed by atoms with Crippen LogP contribution in [0.25, 0.3) is 0 Å². The molecule has 1 unspecified atom stereocenters. The normalized spacial score (nSPS) is 15.8. The van der Waals surface area contributed by atoms with Crippen molar-refractivity contribution in [3.8, 4) is 5.75 Å². The van der Waals surface area contributed by atoms with Gasteiger partial charge in [-0.2, -0.15) is 0 Å². The maximum absolute atomic E-state index is 12.7. The van der Waals surface area contributed by atoms with Gasteiger partial charge in [-0.15, -0.1) is 0 Å². The van der Waals surface area contributed by atoms with Gasteiger partial charge < -0.3 is 9.64 Å². The van der Waals surface area contributed by atoms with Crippen LogP contribution in [0.3, 0.4) is 0 Å². The van der Waals surface area contributed by atoms with Crippen LogP contribution in [0.5, 0.6) is 5.75 Å². The molecule has 2 rings (SSSR count). The van der Waals surface area contributed by atoms with Crippen molar-refractivity contribution < 1.29 is 17.9 Å². The number of hydrogen-bond acceptors (Lipinski definition) is 4. The molecule has 1 aliphatic rings. The molecular formula is C13H16Cl2N2O4S. The van der Waals surface area contributed by atoms with Crippen molar-refractivity contribution in [2.45, 2.75) is 12.2 Å². The highest BCUT2D eigenvalue weighted by molar-refractivity contribution is 7.94. The zero-order valence-corrected chi connectivity index (χ0v) is 14.7. The molecule has 0 bridgehead atoms. The smallest absolute Gasteiger partial charge is 0.247 e. The Morgan fingerprint density at radius 1 is 1.32 bits per heavy atom. The van der Waals surface area contributed by atoms with Crippen LogP contribution in [0.15, 0.2) is 12.1 Å². The Balaban J connectivity index is 2.47. The molecule has 1 amide bonds. The third kappa shape index (κ3) is 2.98. The first-order chi connectivity index (χ1) is 10.2. The summed E-state index contributed by atoms with van der Waals surface area (Å²) in [5.41, 5.74) is 0.291. The molecular weight excluding hydrogens is 351 g/mol. The summed E-state index contributed by atoms with van der Waals surface area (Å²) in [7, 11) is -0.865. The van der Waals surface area contributed by atoms with E-state index in [1.54, 1.807) is 0 Å².